The number of nitrogens with zero attached hydrogens (tertiary/aromatic N) is 2. The third-order valence-corrected chi connectivity index (χ3v) is 3.87. The van der Waals surface area contributed by atoms with Crippen molar-refractivity contribution in [3.05, 3.63) is 40.6 Å². The number of hydrogen-bond acceptors (Lipinski definition) is 3. The summed E-state index contributed by atoms with van der Waals surface area (Å²) in [4.78, 5) is 5.78. The SMILES string of the molecule is CCn1ccnc1C(N)CCCc1cccs1. The highest BCUT2D eigenvalue weighted by molar-refractivity contribution is 7.09. The van der Waals surface area contributed by atoms with E-state index in [-0.39, 0.29) is 6.04 Å². The van der Waals surface area contributed by atoms with Crippen molar-refractivity contribution in [1.29, 1.82) is 0 Å². The quantitative estimate of drug-likeness (QED) is 0.855. The third-order valence-electron chi connectivity index (χ3n) is 2.94. The number of imidazole rings is 1. The Morgan fingerprint density at radius 2 is 2.41 bits per heavy atom. The number of hydrogen-bond donors (Lipinski definition) is 1. The summed E-state index contributed by atoms with van der Waals surface area (Å²) in [5.74, 6) is 1.01. The Hall–Kier alpha value is -1.13. The van der Waals surface area contributed by atoms with Crippen LogP contribution in [0, 0.1) is 0 Å². The molecule has 0 aliphatic carbocycles. The van der Waals surface area contributed by atoms with Crippen LogP contribution in [0.5, 0.6) is 0 Å². The van der Waals surface area contributed by atoms with Crippen molar-refractivity contribution in [1.82, 2.24) is 9.55 Å². The molecule has 2 heterocycles. The smallest absolute Gasteiger partial charge is 0.125 e. The van der Waals surface area contributed by atoms with Crippen LogP contribution in [-0.2, 0) is 13.0 Å². The van der Waals surface area contributed by atoms with Crippen LogP contribution in [0.4, 0.5) is 0 Å². The lowest BCUT2D eigenvalue weighted by Gasteiger charge is -2.12. The van der Waals surface area contributed by atoms with Crippen molar-refractivity contribution < 1.29 is 0 Å². The van der Waals surface area contributed by atoms with Crippen molar-refractivity contribution in [3.8, 4) is 0 Å². The van der Waals surface area contributed by atoms with Crippen LogP contribution in [0.15, 0.2) is 29.9 Å². The van der Waals surface area contributed by atoms with Gasteiger partial charge < -0.3 is 10.3 Å². The molecule has 4 heteroatoms. The van der Waals surface area contributed by atoms with Crippen LogP contribution < -0.4 is 5.73 Å². The van der Waals surface area contributed by atoms with Gasteiger partial charge in [-0.2, -0.15) is 0 Å². The van der Waals surface area contributed by atoms with Gasteiger partial charge in [-0.3, -0.25) is 0 Å². The van der Waals surface area contributed by atoms with Crippen molar-refractivity contribution in [2.75, 3.05) is 0 Å². The second-order valence-corrected chi connectivity index (χ2v) is 5.18. The van der Waals surface area contributed by atoms with Gasteiger partial charge >= 0.3 is 0 Å². The zero-order valence-corrected chi connectivity index (χ0v) is 11.0. The molecule has 0 aliphatic rings. The van der Waals surface area contributed by atoms with E-state index in [0.717, 1.165) is 31.6 Å². The van der Waals surface area contributed by atoms with Crippen LogP contribution in [-0.4, -0.2) is 9.55 Å². The van der Waals surface area contributed by atoms with E-state index in [1.807, 2.05) is 23.7 Å². The van der Waals surface area contributed by atoms with Gasteiger partial charge in [0.1, 0.15) is 5.82 Å². The summed E-state index contributed by atoms with van der Waals surface area (Å²) < 4.78 is 2.12. The highest BCUT2D eigenvalue weighted by Gasteiger charge is 2.11. The number of aryl methyl sites for hydroxylation is 2. The Balaban J connectivity index is 1.83. The van der Waals surface area contributed by atoms with Gasteiger partial charge in [0, 0.05) is 23.8 Å². The summed E-state index contributed by atoms with van der Waals surface area (Å²) in [5.41, 5.74) is 6.18. The number of rotatable bonds is 6. The minimum Gasteiger partial charge on any atom is -0.334 e. The number of nitrogens with two attached hydrogens (primary N) is 1. The van der Waals surface area contributed by atoms with Gasteiger partial charge in [0.2, 0.25) is 0 Å². The lowest BCUT2D eigenvalue weighted by atomic mass is 10.1. The molecule has 0 saturated carbocycles. The Kier molecular flexibility index (Phi) is 4.34. The lowest BCUT2D eigenvalue weighted by Crippen LogP contribution is -2.16. The number of aromatic nitrogens is 2. The topological polar surface area (TPSA) is 43.8 Å². The maximum absolute atomic E-state index is 6.18. The summed E-state index contributed by atoms with van der Waals surface area (Å²) in [5, 5.41) is 2.12. The zero-order chi connectivity index (χ0) is 12.1. The summed E-state index contributed by atoms with van der Waals surface area (Å²) in [6.07, 6.45) is 7.07. The minimum atomic E-state index is 0.0601. The fourth-order valence-corrected chi connectivity index (χ4v) is 2.75. The Labute approximate surface area is 106 Å². The average molecular weight is 249 g/mol. The van der Waals surface area contributed by atoms with Crippen LogP contribution >= 0.6 is 11.3 Å². The monoisotopic (exact) mass is 249 g/mol. The van der Waals surface area contributed by atoms with Gasteiger partial charge in [-0.05, 0) is 37.6 Å². The molecule has 2 N–H and O–H groups in total. The van der Waals surface area contributed by atoms with E-state index in [1.54, 1.807) is 0 Å². The summed E-state index contributed by atoms with van der Waals surface area (Å²) in [7, 11) is 0. The van der Waals surface area contributed by atoms with Gasteiger partial charge in [-0.15, -0.1) is 11.3 Å². The normalized spacial score (nSPS) is 12.8. The molecular formula is C13H19N3S. The lowest BCUT2D eigenvalue weighted by molar-refractivity contribution is 0.548. The summed E-state index contributed by atoms with van der Waals surface area (Å²) in [6.45, 7) is 3.05. The van der Waals surface area contributed by atoms with Gasteiger partial charge in [0.25, 0.3) is 0 Å². The van der Waals surface area contributed by atoms with Gasteiger partial charge in [0.15, 0.2) is 0 Å². The van der Waals surface area contributed by atoms with Gasteiger partial charge in [0.05, 0.1) is 6.04 Å². The standard InChI is InChI=1S/C13H19N3S/c1-2-16-9-8-15-13(16)12(14)7-3-5-11-6-4-10-17-11/h4,6,8-10,12H,2-3,5,7,14H2,1H3. The first-order valence-corrected chi connectivity index (χ1v) is 6.98. The molecule has 0 radical (unpaired) electrons. The minimum absolute atomic E-state index is 0.0601. The molecule has 2 aromatic rings. The maximum atomic E-state index is 6.18. The first-order valence-electron chi connectivity index (χ1n) is 6.10. The van der Waals surface area contributed by atoms with Gasteiger partial charge in [-0.25, -0.2) is 4.98 Å². The van der Waals surface area contributed by atoms with Gasteiger partial charge in [-0.1, -0.05) is 6.07 Å². The molecule has 1 atom stereocenters. The molecule has 0 spiro atoms. The molecule has 2 rings (SSSR count). The predicted octanol–water partition coefficient (Wildman–Crippen LogP) is 2.99. The van der Waals surface area contributed by atoms with E-state index in [4.69, 9.17) is 5.73 Å². The predicted molar refractivity (Wildman–Crippen MR) is 72.1 cm³/mol. The van der Waals surface area contributed by atoms with Crippen molar-refractivity contribution in [2.45, 2.75) is 38.8 Å². The molecule has 3 nitrogen and oxygen atoms in total. The van der Waals surface area contributed by atoms with Crippen molar-refractivity contribution >= 4 is 11.3 Å². The second kappa shape index (κ2) is 5.98. The molecule has 0 fully saturated rings. The highest BCUT2D eigenvalue weighted by atomic mass is 32.1. The average Bonchev–Trinajstić information content (AvgIpc) is 2.99. The second-order valence-electron chi connectivity index (χ2n) is 4.15. The highest BCUT2D eigenvalue weighted by Crippen LogP contribution is 2.18. The van der Waals surface area contributed by atoms with E-state index in [1.165, 1.54) is 4.88 Å². The molecular weight excluding hydrogens is 230 g/mol. The van der Waals surface area contributed by atoms with Crippen LogP contribution in [0.2, 0.25) is 0 Å². The molecule has 2 aromatic heterocycles. The molecule has 0 aliphatic heterocycles. The van der Waals surface area contributed by atoms with E-state index in [0.29, 0.717) is 0 Å². The number of thiophene rings is 1. The van der Waals surface area contributed by atoms with Crippen LogP contribution in [0.25, 0.3) is 0 Å². The van der Waals surface area contributed by atoms with E-state index >= 15 is 0 Å². The van der Waals surface area contributed by atoms with Crippen LogP contribution in [0.3, 0.4) is 0 Å². The fourth-order valence-electron chi connectivity index (χ4n) is 2.00. The zero-order valence-electron chi connectivity index (χ0n) is 10.2. The Morgan fingerprint density at radius 3 is 3.12 bits per heavy atom. The maximum Gasteiger partial charge on any atom is 0.125 e. The van der Waals surface area contributed by atoms with E-state index < -0.39 is 0 Å². The van der Waals surface area contributed by atoms with Crippen molar-refractivity contribution in [2.24, 2.45) is 5.73 Å². The third kappa shape index (κ3) is 3.17. The summed E-state index contributed by atoms with van der Waals surface area (Å²) in [6, 6.07) is 4.34. The molecule has 17 heavy (non-hydrogen) atoms. The first-order chi connectivity index (χ1) is 8.31. The van der Waals surface area contributed by atoms with E-state index in [2.05, 4.69) is 34.0 Å². The first kappa shape index (κ1) is 12.3. The molecule has 1 unspecified atom stereocenters. The largest absolute Gasteiger partial charge is 0.334 e. The van der Waals surface area contributed by atoms with Crippen LogP contribution in [0.1, 0.15) is 36.5 Å². The molecule has 92 valence electrons. The Morgan fingerprint density at radius 1 is 1.53 bits per heavy atom. The molecule has 0 saturated heterocycles. The molecule has 0 aromatic carbocycles. The molecule has 0 bridgehead atoms. The Bertz CT molecular complexity index is 433. The summed E-state index contributed by atoms with van der Waals surface area (Å²) >= 11 is 1.82. The van der Waals surface area contributed by atoms with Crippen molar-refractivity contribution in [3.63, 3.8) is 0 Å². The fraction of sp³-hybridized carbons (Fsp3) is 0.462. The molecule has 0 amide bonds. The van der Waals surface area contributed by atoms with E-state index in [9.17, 15) is 0 Å².